The second-order valence-electron chi connectivity index (χ2n) is 4.45. The van der Waals surface area contributed by atoms with Crippen LogP contribution in [0.15, 0.2) is 18.2 Å². The fourth-order valence-electron chi connectivity index (χ4n) is 2.06. The fourth-order valence-corrected chi connectivity index (χ4v) is 2.26. The van der Waals surface area contributed by atoms with Crippen molar-refractivity contribution in [2.45, 2.75) is 12.4 Å². The number of aromatic nitrogens is 2. The van der Waals surface area contributed by atoms with Crippen molar-refractivity contribution in [3.05, 3.63) is 24.0 Å². The number of ether oxygens (including phenoxy) is 2. The molecule has 1 N–H and O–H groups in total. The largest absolute Gasteiger partial charge is 0.497 e. The van der Waals surface area contributed by atoms with Crippen LogP contribution in [0.3, 0.4) is 0 Å². The number of alkyl halides is 1. The van der Waals surface area contributed by atoms with E-state index in [0.717, 1.165) is 16.8 Å². The van der Waals surface area contributed by atoms with Crippen LogP contribution >= 0.6 is 11.6 Å². The van der Waals surface area contributed by atoms with Crippen molar-refractivity contribution >= 4 is 28.5 Å². The van der Waals surface area contributed by atoms with Crippen molar-refractivity contribution in [3.8, 4) is 5.75 Å². The van der Waals surface area contributed by atoms with Crippen molar-refractivity contribution in [1.29, 1.82) is 0 Å². The minimum atomic E-state index is -0.103. The number of carbonyl (C=O) groups excluding carboxylic acids is 1. The Morgan fingerprint density at radius 3 is 2.90 bits per heavy atom. The summed E-state index contributed by atoms with van der Waals surface area (Å²) in [6.07, 6.45) is 0. The number of nitrogens with zero attached hydrogens (tertiary/aromatic N) is 2. The molecular formula is C14H18ClN3O3. The summed E-state index contributed by atoms with van der Waals surface area (Å²) in [7, 11) is 3.19. The van der Waals surface area contributed by atoms with Gasteiger partial charge in [-0.05, 0) is 12.1 Å². The van der Waals surface area contributed by atoms with Gasteiger partial charge in [0.05, 0.1) is 30.6 Å². The van der Waals surface area contributed by atoms with E-state index in [0.29, 0.717) is 19.0 Å². The highest BCUT2D eigenvalue weighted by molar-refractivity contribution is 6.16. The van der Waals surface area contributed by atoms with Crippen molar-refractivity contribution in [3.63, 3.8) is 0 Å². The minimum absolute atomic E-state index is 0.103. The Kier molecular flexibility index (Phi) is 5.41. The van der Waals surface area contributed by atoms with E-state index in [2.05, 4.69) is 10.3 Å². The highest BCUT2D eigenvalue weighted by atomic mass is 35.5. The predicted molar refractivity (Wildman–Crippen MR) is 80.7 cm³/mol. The topological polar surface area (TPSA) is 65.4 Å². The predicted octanol–water partition coefficient (Wildman–Crippen LogP) is 1.55. The molecule has 0 aliphatic rings. The monoisotopic (exact) mass is 311 g/mol. The van der Waals surface area contributed by atoms with Crippen molar-refractivity contribution < 1.29 is 14.3 Å². The Balaban J connectivity index is 2.23. The van der Waals surface area contributed by atoms with Crippen LogP contribution in [0.5, 0.6) is 5.75 Å². The first-order valence-electron chi connectivity index (χ1n) is 6.54. The fraction of sp³-hybridized carbons (Fsp3) is 0.429. The quantitative estimate of drug-likeness (QED) is 0.622. The molecule has 0 spiro atoms. The van der Waals surface area contributed by atoms with E-state index >= 15 is 0 Å². The Morgan fingerprint density at radius 1 is 1.43 bits per heavy atom. The second-order valence-corrected chi connectivity index (χ2v) is 4.71. The number of imidazole rings is 1. The van der Waals surface area contributed by atoms with Gasteiger partial charge >= 0.3 is 0 Å². The normalized spacial score (nSPS) is 10.8. The molecule has 0 atom stereocenters. The molecule has 0 saturated carbocycles. The van der Waals surface area contributed by atoms with E-state index in [1.165, 1.54) is 0 Å². The highest BCUT2D eigenvalue weighted by Gasteiger charge is 2.13. The molecule has 6 nitrogen and oxygen atoms in total. The van der Waals surface area contributed by atoms with Gasteiger partial charge in [0.15, 0.2) is 0 Å². The van der Waals surface area contributed by atoms with Crippen LogP contribution in [-0.4, -0.2) is 42.8 Å². The second kappa shape index (κ2) is 7.28. The van der Waals surface area contributed by atoms with Crippen molar-refractivity contribution in [2.24, 2.45) is 0 Å². The smallest absolute Gasteiger partial charge is 0.240 e. The SMILES string of the molecule is COCCNC(=O)Cn1c(CCl)nc2cc(OC)ccc21. The van der Waals surface area contributed by atoms with E-state index in [9.17, 15) is 4.79 Å². The molecule has 2 rings (SSSR count). The number of fused-ring (bicyclic) bond motifs is 1. The van der Waals surface area contributed by atoms with Crippen LogP contribution in [0.25, 0.3) is 11.0 Å². The Hall–Kier alpha value is -1.79. The van der Waals surface area contributed by atoms with Crippen LogP contribution in [0, 0.1) is 0 Å². The molecule has 0 aliphatic heterocycles. The number of hydrogen-bond acceptors (Lipinski definition) is 4. The van der Waals surface area contributed by atoms with Gasteiger partial charge in [0.1, 0.15) is 18.1 Å². The molecule has 7 heteroatoms. The average Bonchev–Trinajstić information content (AvgIpc) is 2.84. The van der Waals surface area contributed by atoms with Gasteiger partial charge in [-0.15, -0.1) is 11.6 Å². The summed E-state index contributed by atoms with van der Waals surface area (Å²) < 4.78 is 11.9. The third-order valence-corrected chi connectivity index (χ3v) is 3.32. The molecule has 21 heavy (non-hydrogen) atoms. The van der Waals surface area contributed by atoms with Gasteiger partial charge in [0.25, 0.3) is 0 Å². The number of hydrogen-bond donors (Lipinski definition) is 1. The maximum atomic E-state index is 11.9. The Bertz CT molecular complexity index is 627. The molecular weight excluding hydrogens is 294 g/mol. The van der Waals surface area contributed by atoms with Gasteiger partial charge in [-0.25, -0.2) is 4.98 Å². The van der Waals surface area contributed by atoms with Gasteiger partial charge in [-0.3, -0.25) is 4.79 Å². The maximum absolute atomic E-state index is 11.9. The molecule has 114 valence electrons. The first-order valence-corrected chi connectivity index (χ1v) is 7.07. The molecule has 2 aromatic rings. The average molecular weight is 312 g/mol. The number of carbonyl (C=O) groups is 1. The number of halogens is 1. The van der Waals surface area contributed by atoms with Crippen LogP contribution < -0.4 is 10.1 Å². The number of benzene rings is 1. The van der Waals surface area contributed by atoms with Gasteiger partial charge < -0.3 is 19.4 Å². The zero-order chi connectivity index (χ0) is 15.2. The summed E-state index contributed by atoms with van der Waals surface area (Å²) in [4.78, 5) is 16.4. The maximum Gasteiger partial charge on any atom is 0.240 e. The lowest BCUT2D eigenvalue weighted by atomic mass is 10.3. The summed E-state index contributed by atoms with van der Waals surface area (Å²) in [6.45, 7) is 1.14. The van der Waals surface area contributed by atoms with Crippen LogP contribution in [-0.2, 0) is 22.0 Å². The Morgan fingerprint density at radius 2 is 2.24 bits per heavy atom. The molecule has 1 amide bonds. The third kappa shape index (κ3) is 3.65. The molecule has 1 aromatic carbocycles. The zero-order valence-corrected chi connectivity index (χ0v) is 12.8. The summed E-state index contributed by atoms with van der Waals surface area (Å²) in [5.74, 6) is 1.51. The van der Waals surface area contributed by atoms with Crippen molar-refractivity contribution in [2.75, 3.05) is 27.4 Å². The first-order chi connectivity index (χ1) is 10.2. The molecule has 0 bridgehead atoms. The van der Waals surface area contributed by atoms with E-state index in [1.807, 2.05) is 22.8 Å². The third-order valence-electron chi connectivity index (χ3n) is 3.08. The summed E-state index contributed by atoms with van der Waals surface area (Å²) in [5, 5.41) is 2.78. The van der Waals surface area contributed by atoms with E-state index in [1.54, 1.807) is 14.2 Å². The van der Waals surface area contributed by atoms with Gasteiger partial charge in [0.2, 0.25) is 5.91 Å². The Labute approximate surface area is 128 Å². The van der Waals surface area contributed by atoms with Gasteiger partial charge in [0, 0.05) is 19.7 Å². The van der Waals surface area contributed by atoms with Crippen LogP contribution in [0.2, 0.25) is 0 Å². The molecule has 0 fully saturated rings. The van der Waals surface area contributed by atoms with Crippen LogP contribution in [0.1, 0.15) is 5.82 Å². The zero-order valence-electron chi connectivity index (χ0n) is 12.1. The number of methoxy groups -OCH3 is 2. The van der Waals surface area contributed by atoms with Gasteiger partial charge in [-0.2, -0.15) is 0 Å². The number of nitrogens with one attached hydrogen (secondary N) is 1. The lowest BCUT2D eigenvalue weighted by Gasteiger charge is -2.08. The number of rotatable bonds is 7. The standard InChI is InChI=1S/C14H18ClN3O3/c1-20-6-5-16-14(19)9-18-12-4-3-10(21-2)7-11(12)17-13(18)8-15/h3-4,7H,5-6,8-9H2,1-2H3,(H,16,19). The first kappa shape index (κ1) is 15.6. The minimum Gasteiger partial charge on any atom is -0.497 e. The summed E-state index contributed by atoms with van der Waals surface area (Å²) in [5.41, 5.74) is 1.61. The molecule has 0 unspecified atom stereocenters. The van der Waals surface area contributed by atoms with Crippen LogP contribution in [0.4, 0.5) is 0 Å². The molecule has 0 aliphatic carbocycles. The van der Waals surface area contributed by atoms with Gasteiger partial charge in [-0.1, -0.05) is 0 Å². The highest BCUT2D eigenvalue weighted by Crippen LogP contribution is 2.22. The van der Waals surface area contributed by atoms with E-state index < -0.39 is 0 Å². The van der Waals surface area contributed by atoms with Crippen molar-refractivity contribution in [1.82, 2.24) is 14.9 Å². The summed E-state index contributed by atoms with van der Waals surface area (Å²) >= 11 is 5.92. The van der Waals surface area contributed by atoms with E-state index in [-0.39, 0.29) is 18.3 Å². The molecule has 0 radical (unpaired) electrons. The lowest BCUT2D eigenvalue weighted by molar-refractivity contribution is -0.121. The molecule has 0 saturated heterocycles. The molecule has 1 heterocycles. The van der Waals surface area contributed by atoms with E-state index in [4.69, 9.17) is 21.1 Å². The molecule has 1 aromatic heterocycles. The lowest BCUT2D eigenvalue weighted by Crippen LogP contribution is -2.30. The summed E-state index contributed by atoms with van der Waals surface area (Å²) in [6, 6.07) is 5.53. The number of amides is 1.